The fraction of sp³-hybridized carbons (Fsp3) is 0.267. The lowest BCUT2D eigenvalue weighted by atomic mass is 10.3. The van der Waals surface area contributed by atoms with E-state index >= 15 is 0 Å². The van der Waals surface area contributed by atoms with Gasteiger partial charge in [0.25, 0.3) is 0 Å². The van der Waals surface area contributed by atoms with Gasteiger partial charge in [0.15, 0.2) is 0 Å². The lowest BCUT2D eigenvalue weighted by molar-refractivity contribution is 0.419. The van der Waals surface area contributed by atoms with Crippen molar-refractivity contribution in [3.8, 4) is 5.75 Å². The van der Waals surface area contributed by atoms with Gasteiger partial charge in [-0.2, -0.15) is 0 Å². The van der Waals surface area contributed by atoms with E-state index < -0.39 is 0 Å². The van der Waals surface area contributed by atoms with Crippen molar-refractivity contribution >= 4 is 22.6 Å². The molecular weight excluding hydrogens is 276 g/mol. The summed E-state index contributed by atoms with van der Waals surface area (Å²) in [5.41, 5.74) is 1.82. The van der Waals surface area contributed by atoms with Crippen LogP contribution in [-0.2, 0) is 12.4 Å². The first-order valence-corrected chi connectivity index (χ1v) is 6.89. The molecule has 0 aliphatic heterocycles. The van der Waals surface area contributed by atoms with E-state index in [1.54, 1.807) is 7.11 Å². The zero-order valence-electron chi connectivity index (χ0n) is 11.4. The molecule has 0 aliphatic rings. The summed E-state index contributed by atoms with van der Waals surface area (Å²) in [5.74, 6) is 3.69. The lowest BCUT2D eigenvalue weighted by Gasteiger charge is -2.06. The molecule has 5 heteroatoms. The number of para-hydroxylation sites is 1. The first-order valence-electron chi connectivity index (χ1n) is 6.36. The highest BCUT2D eigenvalue weighted by molar-refractivity contribution is 6.16. The normalized spacial score (nSPS) is 11.2. The number of aromatic nitrogens is 2. The summed E-state index contributed by atoms with van der Waals surface area (Å²) in [6, 6.07) is 9.78. The first-order chi connectivity index (χ1) is 9.72. The number of rotatable bonds is 4. The van der Waals surface area contributed by atoms with Crippen molar-refractivity contribution in [1.29, 1.82) is 0 Å². The van der Waals surface area contributed by atoms with Gasteiger partial charge in [0.2, 0.25) is 0 Å². The topological polar surface area (TPSA) is 40.2 Å². The van der Waals surface area contributed by atoms with E-state index in [1.165, 1.54) is 0 Å². The zero-order chi connectivity index (χ0) is 14.1. The van der Waals surface area contributed by atoms with E-state index in [4.69, 9.17) is 20.8 Å². The van der Waals surface area contributed by atoms with Gasteiger partial charge in [0, 0.05) is 0 Å². The maximum atomic E-state index is 6.02. The Morgan fingerprint density at radius 1 is 1.30 bits per heavy atom. The van der Waals surface area contributed by atoms with Crippen LogP contribution >= 0.6 is 11.6 Å². The number of hydrogen-bond acceptors (Lipinski definition) is 3. The smallest absolute Gasteiger partial charge is 0.146 e. The minimum atomic E-state index is 0.345. The average Bonchev–Trinajstić information content (AvgIpc) is 3.03. The van der Waals surface area contributed by atoms with Gasteiger partial charge < -0.3 is 13.7 Å². The molecule has 0 bridgehead atoms. The summed E-state index contributed by atoms with van der Waals surface area (Å²) in [7, 11) is 1.64. The largest absolute Gasteiger partial charge is 0.494 e. The Hall–Kier alpha value is -1.94. The van der Waals surface area contributed by atoms with Crippen LogP contribution in [0.25, 0.3) is 11.0 Å². The van der Waals surface area contributed by atoms with Gasteiger partial charge in [-0.3, -0.25) is 0 Å². The Balaban J connectivity index is 2.13. The number of alkyl halides is 1. The van der Waals surface area contributed by atoms with Gasteiger partial charge in [-0.1, -0.05) is 6.07 Å². The molecule has 104 valence electrons. The maximum absolute atomic E-state index is 6.02. The van der Waals surface area contributed by atoms with Crippen LogP contribution in [0, 0.1) is 6.92 Å². The number of imidazole rings is 1. The van der Waals surface area contributed by atoms with Gasteiger partial charge in [-0.05, 0) is 31.2 Å². The second kappa shape index (κ2) is 5.21. The Bertz CT molecular complexity index is 745. The van der Waals surface area contributed by atoms with Crippen LogP contribution < -0.4 is 4.74 Å². The molecule has 3 aromatic rings. The highest BCUT2D eigenvalue weighted by Crippen LogP contribution is 2.27. The van der Waals surface area contributed by atoms with Crippen molar-refractivity contribution in [3.63, 3.8) is 0 Å². The number of hydrogen-bond donors (Lipinski definition) is 0. The minimum Gasteiger partial charge on any atom is -0.494 e. The molecule has 3 rings (SSSR count). The molecule has 0 atom stereocenters. The van der Waals surface area contributed by atoms with Crippen LogP contribution in [0.15, 0.2) is 34.7 Å². The number of nitrogens with zero attached hydrogens (tertiary/aromatic N) is 2. The summed E-state index contributed by atoms with van der Waals surface area (Å²) < 4.78 is 13.0. The van der Waals surface area contributed by atoms with E-state index in [-0.39, 0.29) is 0 Å². The van der Waals surface area contributed by atoms with Gasteiger partial charge in [0.05, 0.1) is 25.1 Å². The molecule has 0 unspecified atom stereocenters. The molecule has 0 aliphatic carbocycles. The van der Waals surface area contributed by atoms with E-state index in [2.05, 4.69) is 9.55 Å². The molecule has 20 heavy (non-hydrogen) atoms. The number of aryl methyl sites for hydroxylation is 1. The second-order valence-electron chi connectivity index (χ2n) is 4.59. The number of furan rings is 1. The number of halogens is 1. The van der Waals surface area contributed by atoms with Crippen LogP contribution in [0.4, 0.5) is 0 Å². The van der Waals surface area contributed by atoms with Crippen molar-refractivity contribution in [3.05, 3.63) is 47.7 Å². The SMILES string of the molecule is COc1cccc2c1nc(CCl)n2Cc1ccc(C)o1. The van der Waals surface area contributed by atoms with Gasteiger partial charge >= 0.3 is 0 Å². The molecule has 0 amide bonds. The standard InChI is InChI=1S/C15H15ClN2O2/c1-10-6-7-11(20-10)9-18-12-4-3-5-13(19-2)15(12)17-14(18)8-16/h3-7H,8-9H2,1-2H3. The molecule has 0 spiro atoms. The third-order valence-electron chi connectivity index (χ3n) is 3.27. The van der Waals surface area contributed by atoms with Crippen molar-refractivity contribution in [2.75, 3.05) is 7.11 Å². The Kier molecular flexibility index (Phi) is 3.40. The van der Waals surface area contributed by atoms with Crippen LogP contribution in [0.1, 0.15) is 17.3 Å². The molecule has 0 saturated heterocycles. The number of fused-ring (bicyclic) bond motifs is 1. The van der Waals surface area contributed by atoms with Crippen molar-refractivity contribution < 1.29 is 9.15 Å². The van der Waals surface area contributed by atoms with Crippen LogP contribution in [0.5, 0.6) is 5.75 Å². The Morgan fingerprint density at radius 2 is 2.15 bits per heavy atom. The van der Waals surface area contributed by atoms with E-state index in [0.717, 1.165) is 34.1 Å². The molecule has 2 heterocycles. The highest BCUT2D eigenvalue weighted by Gasteiger charge is 2.14. The second-order valence-corrected chi connectivity index (χ2v) is 4.86. The summed E-state index contributed by atoms with van der Waals surface area (Å²) in [6.45, 7) is 2.54. The summed E-state index contributed by atoms with van der Waals surface area (Å²) in [4.78, 5) is 4.57. The van der Waals surface area contributed by atoms with Gasteiger partial charge in [-0.15, -0.1) is 11.6 Å². The summed E-state index contributed by atoms with van der Waals surface area (Å²) in [6.07, 6.45) is 0. The van der Waals surface area contributed by atoms with Gasteiger partial charge in [-0.25, -0.2) is 4.98 Å². The summed E-state index contributed by atoms with van der Waals surface area (Å²) in [5, 5.41) is 0. The van der Waals surface area contributed by atoms with Crippen molar-refractivity contribution in [2.45, 2.75) is 19.3 Å². The highest BCUT2D eigenvalue weighted by atomic mass is 35.5. The molecular formula is C15H15ClN2O2. The van der Waals surface area contributed by atoms with Crippen LogP contribution in [0.2, 0.25) is 0 Å². The number of benzene rings is 1. The number of ether oxygens (including phenoxy) is 1. The van der Waals surface area contributed by atoms with Crippen molar-refractivity contribution in [1.82, 2.24) is 9.55 Å². The third-order valence-corrected chi connectivity index (χ3v) is 3.51. The lowest BCUT2D eigenvalue weighted by Crippen LogP contribution is -2.02. The fourth-order valence-corrected chi connectivity index (χ4v) is 2.54. The molecule has 0 saturated carbocycles. The minimum absolute atomic E-state index is 0.345. The Morgan fingerprint density at radius 3 is 2.80 bits per heavy atom. The summed E-state index contributed by atoms with van der Waals surface area (Å²) >= 11 is 6.02. The molecule has 0 radical (unpaired) electrons. The monoisotopic (exact) mass is 290 g/mol. The fourth-order valence-electron chi connectivity index (χ4n) is 2.34. The predicted octanol–water partition coefficient (Wildman–Crippen LogP) is 3.73. The molecule has 1 aromatic carbocycles. The van der Waals surface area contributed by atoms with Crippen molar-refractivity contribution in [2.24, 2.45) is 0 Å². The molecule has 2 aromatic heterocycles. The maximum Gasteiger partial charge on any atom is 0.146 e. The van der Waals surface area contributed by atoms with E-state index in [9.17, 15) is 0 Å². The molecule has 0 N–H and O–H groups in total. The molecule has 4 nitrogen and oxygen atoms in total. The van der Waals surface area contributed by atoms with E-state index in [1.807, 2.05) is 37.3 Å². The first kappa shape index (κ1) is 13.1. The molecule has 0 fully saturated rings. The number of methoxy groups -OCH3 is 1. The van der Waals surface area contributed by atoms with E-state index in [0.29, 0.717) is 12.4 Å². The zero-order valence-corrected chi connectivity index (χ0v) is 12.1. The predicted molar refractivity (Wildman–Crippen MR) is 78.4 cm³/mol. The van der Waals surface area contributed by atoms with Gasteiger partial charge in [0.1, 0.15) is 28.6 Å². The van der Waals surface area contributed by atoms with Crippen LogP contribution in [-0.4, -0.2) is 16.7 Å². The average molecular weight is 291 g/mol. The van der Waals surface area contributed by atoms with Crippen LogP contribution in [0.3, 0.4) is 0 Å². The Labute approximate surface area is 121 Å². The third kappa shape index (κ3) is 2.16. The quantitative estimate of drug-likeness (QED) is 0.687.